The van der Waals surface area contributed by atoms with E-state index in [1.807, 2.05) is 51.1 Å². The Labute approximate surface area is 197 Å². The number of hydrogen-bond acceptors (Lipinski definition) is 5. The first-order chi connectivity index (χ1) is 15.6. The molecule has 3 fully saturated rings. The van der Waals surface area contributed by atoms with Crippen molar-refractivity contribution in [3.8, 4) is 0 Å². The van der Waals surface area contributed by atoms with Crippen LogP contribution in [-0.2, 0) is 25.5 Å². The summed E-state index contributed by atoms with van der Waals surface area (Å²) >= 11 is 0. The number of nitrogens with zero attached hydrogens (tertiary/aromatic N) is 1. The lowest BCUT2D eigenvalue weighted by Crippen LogP contribution is -2.45. The van der Waals surface area contributed by atoms with Crippen molar-refractivity contribution < 1.29 is 23.9 Å². The minimum Gasteiger partial charge on any atom is -0.460 e. The van der Waals surface area contributed by atoms with Crippen LogP contribution in [0, 0.1) is 17.3 Å². The Bertz CT molecular complexity index is 860. The van der Waals surface area contributed by atoms with Crippen LogP contribution >= 0.6 is 0 Å². The summed E-state index contributed by atoms with van der Waals surface area (Å²) < 4.78 is 10.8. The van der Waals surface area contributed by atoms with Crippen molar-refractivity contribution in [1.82, 2.24) is 4.90 Å². The molecule has 1 unspecified atom stereocenters. The maximum atomic E-state index is 13.7. The summed E-state index contributed by atoms with van der Waals surface area (Å²) in [5.41, 5.74) is 1.00. The second kappa shape index (κ2) is 9.47. The summed E-state index contributed by atoms with van der Waals surface area (Å²) in [4.78, 5) is 40.2. The fourth-order valence-corrected chi connectivity index (χ4v) is 5.42. The number of carbonyl (C=O) groups excluding carboxylic acids is 3. The van der Waals surface area contributed by atoms with Crippen LogP contribution in [0.5, 0.6) is 0 Å². The summed E-state index contributed by atoms with van der Waals surface area (Å²) in [7, 11) is 0. The molecular formula is C27H37NO5. The van der Waals surface area contributed by atoms with Gasteiger partial charge in [0.05, 0.1) is 12.5 Å². The van der Waals surface area contributed by atoms with Gasteiger partial charge in [-0.25, -0.2) is 9.69 Å². The standard InChI is InChI=1S/C27H37NO5/c1-26(2,3)33-23(29)17-21(15-20-9-11-27(12-10-20)13-14-27)24(30)28-22(18-32-25(28)31)16-19-7-5-4-6-8-19/h4-8,20-22H,9-18H2,1-3H3/t21-,22?/m1/s1. The van der Waals surface area contributed by atoms with E-state index in [1.54, 1.807) is 0 Å². The Morgan fingerprint density at radius 1 is 1.12 bits per heavy atom. The first-order valence-corrected chi connectivity index (χ1v) is 12.4. The molecule has 1 aliphatic heterocycles. The lowest BCUT2D eigenvalue weighted by molar-refractivity contribution is -0.158. The van der Waals surface area contributed by atoms with Crippen LogP contribution in [0.15, 0.2) is 30.3 Å². The van der Waals surface area contributed by atoms with Crippen molar-refractivity contribution in [2.45, 2.75) is 90.2 Å². The van der Waals surface area contributed by atoms with Gasteiger partial charge in [0, 0.05) is 5.92 Å². The highest BCUT2D eigenvalue weighted by atomic mass is 16.6. The predicted molar refractivity (Wildman–Crippen MR) is 124 cm³/mol. The zero-order valence-electron chi connectivity index (χ0n) is 20.2. The van der Waals surface area contributed by atoms with Crippen LogP contribution < -0.4 is 0 Å². The minimum atomic E-state index is -0.615. The highest BCUT2D eigenvalue weighted by Gasteiger charge is 2.46. The van der Waals surface area contributed by atoms with Crippen LogP contribution in [0.3, 0.4) is 0 Å². The lowest BCUT2D eigenvalue weighted by Gasteiger charge is -2.32. The molecule has 1 saturated heterocycles. The van der Waals surface area contributed by atoms with Gasteiger partial charge in [0.1, 0.15) is 12.2 Å². The summed E-state index contributed by atoms with van der Waals surface area (Å²) in [6.07, 6.45) is 7.85. The van der Waals surface area contributed by atoms with Crippen molar-refractivity contribution in [3.05, 3.63) is 35.9 Å². The van der Waals surface area contributed by atoms with Gasteiger partial charge in [-0.2, -0.15) is 0 Å². The maximum Gasteiger partial charge on any atom is 0.416 e. The van der Waals surface area contributed by atoms with Crippen molar-refractivity contribution in [2.75, 3.05) is 6.61 Å². The van der Waals surface area contributed by atoms with E-state index >= 15 is 0 Å². The molecule has 2 amide bonds. The molecule has 1 aromatic carbocycles. The quantitative estimate of drug-likeness (QED) is 0.523. The molecule has 6 nitrogen and oxygen atoms in total. The third-order valence-corrected chi connectivity index (χ3v) is 7.44. The van der Waals surface area contributed by atoms with E-state index in [0.29, 0.717) is 24.2 Å². The number of esters is 1. The Morgan fingerprint density at radius 2 is 1.79 bits per heavy atom. The molecule has 4 rings (SSSR count). The number of rotatable bonds is 7. The van der Waals surface area contributed by atoms with Gasteiger partial charge >= 0.3 is 12.1 Å². The van der Waals surface area contributed by atoms with Crippen molar-refractivity contribution in [3.63, 3.8) is 0 Å². The van der Waals surface area contributed by atoms with E-state index in [1.165, 1.54) is 30.6 Å². The van der Waals surface area contributed by atoms with Crippen molar-refractivity contribution in [2.24, 2.45) is 17.3 Å². The van der Waals surface area contributed by atoms with Crippen LogP contribution in [0.2, 0.25) is 0 Å². The summed E-state index contributed by atoms with van der Waals surface area (Å²) in [6, 6.07) is 9.45. The first-order valence-electron chi connectivity index (χ1n) is 12.4. The molecule has 2 saturated carbocycles. The predicted octanol–water partition coefficient (Wildman–Crippen LogP) is 5.29. The third kappa shape index (κ3) is 6.15. The molecule has 3 aliphatic rings. The third-order valence-electron chi connectivity index (χ3n) is 7.44. The number of ether oxygens (including phenoxy) is 2. The van der Waals surface area contributed by atoms with Gasteiger partial charge in [-0.3, -0.25) is 9.59 Å². The zero-order valence-corrected chi connectivity index (χ0v) is 20.2. The van der Waals surface area contributed by atoms with E-state index in [-0.39, 0.29) is 30.9 Å². The largest absolute Gasteiger partial charge is 0.460 e. The summed E-state index contributed by atoms with van der Waals surface area (Å²) in [5, 5.41) is 0. The van der Waals surface area contributed by atoms with Gasteiger partial charge in [0.15, 0.2) is 0 Å². The SMILES string of the molecule is CC(C)(C)OC(=O)C[C@@H](CC1CCC2(CC1)CC2)C(=O)N1C(=O)OCC1Cc1ccccc1. The number of benzene rings is 1. The van der Waals surface area contributed by atoms with Crippen LogP contribution in [-0.4, -0.2) is 41.1 Å². The Balaban J connectivity index is 1.47. The second-order valence-electron chi connectivity index (χ2n) is 11.3. The maximum absolute atomic E-state index is 13.7. The van der Waals surface area contributed by atoms with Crippen LogP contribution in [0.4, 0.5) is 4.79 Å². The van der Waals surface area contributed by atoms with E-state index < -0.39 is 17.6 Å². The second-order valence-corrected chi connectivity index (χ2v) is 11.3. The molecule has 0 radical (unpaired) electrons. The minimum absolute atomic E-state index is 0.000414. The fourth-order valence-electron chi connectivity index (χ4n) is 5.42. The van der Waals surface area contributed by atoms with Crippen molar-refractivity contribution >= 4 is 18.0 Å². The molecule has 0 aromatic heterocycles. The number of carbonyl (C=O) groups is 3. The molecule has 2 aliphatic carbocycles. The van der Waals surface area contributed by atoms with Crippen LogP contribution in [0.25, 0.3) is 0 Å². The smallest absolute Gasteiger partial charge is 0.416 e. The molecule has 1 heterocycles. The summed E-state index contributed by atoms with van der Waals surface area (Å²) in [5.74, 6) is -0.848. The van der Waals surface area contributed by atoms with E-state index in [0.717, 1.165) is 18.4 Å². The van der Waals surface area contributed by atoms with Gasteiger partial charge in [-0.1, -0.05) is 30.3 Å². The Kier molecular flexibility index (Phi) is 6.83. The van der Waals surface area contributed by atoms with E-state index in [2.05, 4.69) is 0 Å². The topological polar surface area (TPSA) is 72.9 Å². The zero-order chi connectivity index (χ0) is 23.6. The average molecular weight is 456 g/mol. The van der Waals surface area contributed by atoms with Gasteiger partial charge in [0.25, 0.3) is 0 Å². The molecule has 33 heavy (non-hydrogen) atoms. The molecule has 0 N–H and O–H groups in total. The van der Waals surface area contributed by atoms with Gasteiger partial charge < -0.3 is 9.47 Å². The lowest BCUT2D eigenvalue weighted by atomic mass is 9.75. The molecule has 1 aromatic rings. The molecule has 2 atom stereocenters. The van der Waals surface area contributed by atoms with Crippen LogP contribution in [0.1, 0.15) is 77.7 Å². The molecular weight excluding hydrogens is 418 g/mol. The van der Waals surface area contributed by atoms with Gasteiger partial charge in [-0.05, 0) is 89.0 Å². The normalized spacial score (nSPS) is 23.3. The molecule has 180 valence electrons. The molecule has 0 bridgehead atoms. The average Bonchev–Trinajstić information content (AvgIpc) is 3.41. The van der Waals surface area contributed by atoms with Gasteiger partial charge in [0.2, 0.25) is 5.91 Å². The molecule has 6 heteroatoms. The Hall–Kier alpha value is -2.37. The number of cyclic esters (lactones) is 1. The van der Waals surface area contributed by atoms with Gasteiger partial charge in [-0.15, -0.1) is 0 Å². The van der Waals surface area contributed by atoms with E-state index in [4.69, 9.17) is 9.47 Å². The fraction of sp³-hybridized carbons (Fsp3) is 0.667. The Morgan fingerprint density at radius 3 is 2.39 bits per heavy atom. The number of amides is 2. The van der Waals surface area contributed by atoms with E-state index in [9.17, 15) is 14.4 Å². The highest BCUT2D eigenvalue weighted by molar-refractivity contribution is 5.96. The monoisotopic (exact) mass is 455 g/mol. The number of hydrogen-bond donors (Lipinski definition) is 0. The molecule has 1 spiro atoms. The summed E-state index contributed by atoms with van der Waals surface area (Å²) in [6.45, 7) is 5.66. The van der Waals surface area contributed by atoms with Crippen molar-refractivity contribution in [1.29, 1.82) is 0 Å². The first kappa shape index (κ1) is 23.8. The number of imide groups is 1. The highest BCUT2D eigenvalue weighted by Crippen LogP contribution is 2.57.